The third-order valence-corrected chi connectivity index (χ3v) is 5.59. The van der Waals surface area contributed by atoms with Crippen LogP contribution < -0.4 is 0 Å². The molecule has 31 heavy (non-hydrogen) atoms. The molecule has 4 rings (SSSR count). The van der Waals surface area contributed by atoms with Crippen LogP contribution in [0, 0.1) is 6.92 Å². The fourth-order valence-electron chi connectivity index (χ4n) is 4.01. The van der Waals surface area contributed by atoms with Gasteiger partial charge < -0.3 is 14.4 Å². The minimum atomic E-state index is -0.729. The van der Waals surface area contributed by atoms with E-state index >= 15 is 0 Å². The van der Waals surface area contributed by atoms with E-state index in [4.69, 9.17) is 9.47 Å². The zero-order valence-electron chi connectivity index (χ0n) is 17.6. The van der Waals surface area contributed by atoms with Crippen LogP contribution in [0.4, 0.5) is 4.79 Å². The highest BCUT2D eigenvalue weighted by atomic mass is 16.6. The minimum absolute atomic E-state index is 0.00139. The largest absolute Gasteiger partial charge is 0.464 e. The average molecular weight is 427 g/mol. The van der Waals surface area contributed by atoms with Gasteiger partial charge in [0.25, 0.3) is 5.91 Å². The topological polar surface area (TPSA) is 107 Å². The highest BCUT2D eigenvalue weighted by Gasteiger charge is 2.44. The van der Waals surface area contributed by atoms with Gasteiger partial charge in [0.05, 0.1) is 18.0 Å². The van der Waals surface area contributed by atoms with Crippen LogP contribution >= 0.6 is 0 Å². The van der Waals surface area contributed by atoms with Gasteiger partial charge in [-0.15, -0.1) is 5.10 Å². The van der Waals surface area contributed by atoms with Crippen molar-refractivity contribution in [2.75, 3.05) is 26.3 Å². The van der Waals surface area contributed by atoms with Crippen LogP contribution in [-0.4, -0.2) is 81.2 Å². The number of aromatic nitrogens is 3. The third-order valence-electron chi connectivity index (χ3n) is 5.59. The normalized spacial score (nSPS) is 19.4. The van der Waals surface area contributed by atoms with E-state index in [-0.39, 0.29) is 25.2 Å². The number of hydrogen-bond acceptors (Lipinski definition) is 7. The summed E-state index contributed by atoms with van der Waals surface area (Å²) in [7, 11) is 0. The van der Waals surface area contributed by atoms with Crippen LogP contribution in [-0.2, 0) is 14.3 Å². The Balaban J connectivity index is 1.42. The number of aryl methyl sites for hydroxylation is 1. The molecule has 2 fully saturated rings. The first kappa shape index (κ1) is 20.8. The Labute approximate surface area is 179 Å². The number of para-hydroxylation sites is 1. The number of carbonyl (C=O) groups excluding carboxylic acids is 3. The molecule has 0 aliphatic carbocycles. The fourth-order valence-corrected chi connectivity index (χ4v) is 4.01. The Kier molecular flexibility index (Phi) is 5.88. The molecule has 1 aromatic heterocycles. The maximum absolute atomic E-state index is 13.0. The maximum Gasteiger partial charge on any atom is 0.410 e. The Bertz CT molecular complexity index is 968. The first-order valence-corrected chi connectivity index (χ1v) is 10.4. The van der Waals surface area contributed by atoms with E-state index in [1.165, 1.54) is 9.70 Å². The van der Waals surface area contributed by atoms with Crippen molar-refractivity contribution in [2.45, 2.75) is 38.8 Å². The molecule has 1 atom stereocenters. The number of rotatable bonds is 5. The van der Waals surface area contributed by atoms with E-state index in [9.17, 15) is 14.4 Å². The number of piperidine rings is 1. The van der Waals surface area contributed by atoms with Gasteiger partial charge in [-0.1, -0.05) is 18.2 Å². The third kappa shape index (κ3) is 4.10. The van der Waals surface area contributed by atoms with Crippen LogP contribution in [0.1, 0.15) is 35.9 Å². The summed E-state index contributed by atoms with van der Waals surface area (Å²) < 4.78 is 10.2. The summed E-state index contributed by atoms with van der Waals surface area (Å²) in [6, 6.07) is 8.49. The number of benzene rings is 1. The number of cyclic esters (lactones) is 1. The van der Waals surface area contributed by atoms with Crippen LogP contribution in [0.15, 0.2) is 30.3 Å². The van der Waals surface area contributed by atoms with Gasteiger partial charge >= 0.3 is 12.1 Å². The lowest BCUT2D eigenvalue weighted by molar-refractivity contribution is -0.148. The summed E-state index contributed by atoms with van der Waals surface area (Å²) in [4.78, 5) is 42.1. The number of carbonyl (C=O) groups is 3. The molecule has 0 N–H and O–H groups in total. The molecule has 0 radical (unpaired) electrons. The first-order chi connectivity index (χ1) is 15.0. The van der Waals surface area contributed by atoms with Gasteiger partial charge in [0, 0.05) is 19.1 Å². The average Bonchev–Trinajstić information content (AvgIpc) is 3.37. The Morgan fingerprint density at radius 1 is 1.16 bits per heavy atom. The van der Waals surface area contributed by atoms with Crippen molar-refractivity contribution in [1.82, 2.24) is 24.8 Å². The van der Waals surface area contributed by atoms with Crippen LogP contribution in [0.25, 0.3) is 5.69 Å². The number of ether oxygens (including phenoxy) is 2. The summed E-state index contributed by atoms with van der Waals surface area (Å²) in [5.41, 5.74) is 1.65. The lowest BCUT2D eigenvalue weighted by Crippen LogP contribution is -2.52. The summed E-state index contributed by atoms with van der Waals surface area (Å²) in [5.74, 6) is -0.649. The quantitative estimate of drug-likeness (QED) is 0.667. The number of esters is 1. The lowest BCUT2D eigenvalue weighted by atomic mass is 10.0. The molecule has 0 bridgehead atoms. The van der Waals surface area contributed by atoms with Crippen molar-refractivity contribution in [3.8, 4) is 5.69 Å². The standard InChI is InChI=1S/C21H25N5O5/c1-3-30-20(28)17-13-31-21(29)25(17)15-9-11-24(12-10-15)19(27)18-14(2)22-26(23-18)16-7-5-4-6-8-16/h4-8,15,17H,3,9-13H2,1-2H3. The molecule has 3 heterocycles. The van der Waals surface area contributed by atoms with Gasteiger partial charge in [-0.3, -0.25) is 9.69 Å². The van der Waals surface area contributed by atoms with Crippen LogP contribution in [0.2, 0.25) is 0 Å². The Morgan fingerprint density at radius 3 is 2.55 bits per heavy atom. The van der Waals surface area contributed by atoms with Gasteiger partial charge in [0.15, 0.2) is 11.7 Å². The van der Waals surface area contributed by atoms with Crippen LogP contribution in [0.3, 0.4) is 0 Å². The summed E-state index contributed by atoms with van der Waals surface area (Å²) in [6.07, 6.45) is 0.579. The zero-order chi connectivity index (χ0) is 22.0. The molecular weight excluding hydrogens is 402 g/mol. The van der Waals surface area contributed by atoms with Gasteiger partial charge in [0.1, 0.15) is 6.61 Å². The molecule has 2 aliphatic rings. The van der Waals surface area contributed by atoms with Gasteiger partial charge in [0.2, 0.25) is 0 Å². The predicted molar refractivity (Wildman–Crippen MR) is 109 cm³/mol. The summed E-state index contributed by atoms with van der Waals surface area (Å²) in [6.45, 7) is 4.61. The molecule has 1 aromatic carbocycles. The Morgan fingerprint density at radius 2 is 1.87 bits per heavy atom. The molecule has 0 saturated carbocycles. The van der Waals surface area contributed by atoms with E-state index < -0.39 is 18.1 Å². The van der Waals surface area contributed by atoms with E-state index in [2.05, 4.69) is 10.2 Å². The second kappa shape index (κ2) is 8.75. The molecule has 2 aromatic rings. The predicted octanol–water partition coefficient (Wildman–Crippen LogP) is 1.56. The highest BCUT2D eigenvalue weighted by Crippen LogP contribution is 2.25. The van der Waals surface area contributed by atoms with Crippen LogP contribution in [0.5, 0.6) is 0 Å². The molecule has 1 unspecified atom stereocenters. The Hall–Kier alpha value is -3.43. The number of nitrogens with zero attached hydrogens (tertiary/aromatic N) is 5. The zero-order valence-corrected chi connectivity index (χ0v) is 17.6. The lowest BCUT2D eigenvalue weighted by Gasteiger charge is -2.36. The molecule has 2 amide bonds. The number of hydrogen-bond donors (Lipinski definition) is 0. The second-order valence-corrected chi connectivity index (χ2v) is 7.53. The molecule has 10 nitrogen and oxygen atoms in total. The van der Waals surface area contributed by atoms with Crippen molar-refractivity contribution in [3.63, 3.8) is 0 Å². The van der Waals surface area contributed by atoms with Gasteiger partial charge in [-0.25, -0.2) is 9.59 Å². The minimum Gasteiger partial charge on any atom is -0.464 e. The molecule has 0 spiro atoms. The van der Waals surface area contributed by atoms with Gasteiger partial charge in [-0.2, -0.15) is 9.90 Å². The second-order valence-electron chi connectivity index (χ2n) is 7.53. The molecule has 164 valence electrons. The van der Waals surface area contributed by atoms with Gasteiger partial charge in [-0.05, 0) is 38.8 Å². The van der Waals surface area contributed by atoms with Crippen molar-refractivity contribution in [2.24, 2.45) is 0 Å². The van der Waals surface area contributed by atoms with Crippen molar-refractivity contribution in [1.29, 1.82) is 0 Å². The van der Waals surface area contributed by atoms with E-state index in [0.29, 0.717) is 37.3 Å². The SMILES string of the molecule is CCOC(=O)C1COC(=O)N1C1CCN(C(=O)c2nn(-c3ccccc3)nc2C)CC1. The van der Waals surface area contributed by atoms with E-state index in [1.54, 1.807) is 18.7 Å². The smallest absolute Gasteiger partial charge is 0.410 e. The van der Waals surface area contributed by atoms with E-state index in [0.717, 1.165) is 5.69 Å². The molecule has 2 aliphatic heterocycles. The summed E-state index contributed by atoms with van der Waals surface area (Å²) in [5, 5.41) is 8.76. The monoisotopic (exact) mass is 427 g/mol. The van der Waals surface area contributed by atoms with Crippen molar-refractivity contribution >= 4 is 18.0 Å². The van der Waals surface area contributed by atoms with E-state index in [1.807, 2.05) is 30.3 Å². The highest BCUT2D eigenvalue weighted by molar-refractivity contribution is 5.93. The first-order valence-electron chi connectivity index (χ1n) is 10.4. The summed E-state index contributed by atoms with van der Waals surface area (Å²) >= 11 is 0. The number of amides is 2. The van der Waals surface area contributed by atoms with Crippen molar-refractivity contribution in [3.05, 3.63) is 41.7 Å². The number of likely N-dealkylation sites (tertiary alicyclic amines) is 1. The van der Waals surface area contributed by atoms with Crippen molar-refractivity contribution < 1.29 is 23.9 Å². The molecular formula is C21H25N5O5. The maximum atomic E-state index is 13.0. The fraction of sp³-hybridized carbons (Fsp3) is 0.476. The molecule has 10 heteroatoms. The molecule has 2 saturated heterocycles.